The van der Waals surface area contributed by atoms with E-state index in [1.165, 1.54) is 12.1 Å². The van der Waals surface area contributed by atoms with Crippen molar-refractivity contribution in [3.05, 3.63) is 65.6 Å². The molecule has 3 heterocycles. The van der Waals surface area contributed by atoms with E-state index in [4.69, 9.17) is 9.51 Å². The molecule has 2 aromatic heterocycles. The molecule has 29 heavy (non-hydrogen) atoms. The first kappa shape index (κ1) is 17.6. The number of fused-ring (bicyclic) bond motifs is 1. The molecule has 0 spiro atoms. The number of nitrogens with one attached hydrogen (secondary N) is 1. The van der Waals surface area contributed by atoms with E-state index in [0.29, 0.717) is 24.4 Å². The monoisotopic (exact) mass is 390 g/mol. The van der Waals surface area contributed by atoms with Crippen molar-refractivity contribution in [1.82, 2.24) is 15.1 Å². The molecule has 1 aliphatic heterocycles. The van der Waals surface area contributed by atoms with Gasteiger partial charge >= 0.3 is 0 Å². The average molecular weight is 390 g/mol. The van der Waals surface area contributed by atoms with Crippen molar-refractivity contribution in [1.29, 1.82) is 0 Å². The van der Waals surface area contributed by atoms with Crippen LogP contribution in [0, 0.1) is 19.7 Å². The summed E-state index contributed by atoms with van der Waals surface area (Å²) in [5.41, 5.74) is 5.01. The highest BCUT2D eigenvalue weighted by Gasteiger charge is 2.35. The fourth-order valence-corrected chi connectivity index (χ4v) is 4.13. The van der Waals surface area contributed by atoms with Crippen molar-refractivity contribution < 1.29 is 13.7 Å². The number of anilines is 1. The molecule has 1 amide bonds. The highest BCUT2D eigenvalue weighted by molar-refractivity contribution is 5.96. The molecule has 0 bridgehead atoms. The van der Waals surface area contributed by atoms with Crippen LogP contribution in [0.5, 0.6) is 0 Å². The Kier molecular flexibility index (Phi) is 3.97. The third-order valence-corrected chi connectivity index (χ3v) is 5.44. The van der Waals surface area contributed by atoms with Gasteiger partial charge in [0, 0.05) is 17.7 Å². The van der Waals surface area contributed by atoms with E-state index < -0.39 is 0 Å². The van der Waals surface area contributed by atoms with Crippen LogP contribution in [0.15, 0.2) is 47.0 Å². The Morgan fingerprint density at radius 1 is 1.21 bits per heavy atom. The first-order valence-electron chi connectivity index (χ1n) is 9.52. The van der Waals surface area contributed by atoms with E-state index in [2.05, 4.69) is 10.1 Å². The molecule has 4 aromatic rings. The molecule has 1 unspecified atom stereocenters. The lowest BCUT2D eigenvalue weighted by molar-refractivity contribution is -0.117. The van der Waals surface area contributed by atoms with E-state index in [9.17, 15) is 9.18 Å². The number of nitrogens with zero attached hydrogens (tertiary/aromatic N) is 3. The number of imidazole rings is 1. The van der Waals surface area contributed by atoms with E-state index in [-0.39, 0.29) is 17.8 Å². The summed E-state index contributed by atoms with van der Waals surface area (Å²) in [4.78, 5) is 22.2. The number of aromatic amines is 1. The Labute approximate surface area is 166 Å². The summed E-state index contributed by atoms with van der Waals surface area (Å²) in [5.74, 6) is 1.06. The fraction of sp³-hybridized carbons (Fsp3) is 0.227. The Morgan fingerprint density at radius 2 is 2.07 bits per heavy atom. The summed E-state index contributed by atoms with van der Waals surface area (Å²) in [6.45, 7) is 3.80. The Balaban J connectivity index is 1.55. The van der Waals surface area contributed by atoms with Gasteiger partial charge in [0.25, 0.3) is 0 Å². The number of amides is 1. The lowest BCUT2D eigenvalue weighted by Gasteiger charge is -2.23. The maximum absolute atomic E-state index is 13.7. The molecule has 1 N–H and O–H groups in total. The number of aryl methyl sites for hydroxylation is 2. The van der Waals surface area contributed by atoms with Crippen LogP contribution in [-0.2, 0) is 4.79 Å². The first-order chi connectivity index (χ1) is 14.0. The van der Waals surface area contributed by atoms with Crippen LogP contribution in [0.4, 0.5) is 10.1 Å². The van der Waals surface area contributed by atoms with E-state index >= 15 is 0 Å². The van der Waals surface area contributed by atoms with Gasteiger partial charge in [-0.25, -0.2) is 9.37 Å². The van der Waals surface area contributed by atoms with Crippen LogP contribution in [-0.4, -0.2) is 21.0 Å². The van der Waals surface area contributed by atoms with Gasteiger partial charge in [-0.05, 0) is 56.2 Å². The number of H-pyrrole nitrogens is 1. The molecular formula is C22H19FN4O2. The second-order valence-corrected chi connectivity index (χ2v) is 7.35. The van der Waals surface area contributed by atoms with Gasteiger partial charge in [-0.15, -0.1) is 0 Å². The van der Waals surface area contributed by atoms with Crippen LogP contribution in [0.2, 0.25) is 0 Å². The van der Waals surface area contributed by atoms with E-state index in [0.717, 1.165) is 33.6 Å². The first-order valence-corrected chi connectivity index (χ1v) is 9.52. The predicted molar refractivity (Wildman–Crippen MR) is 107 cm³/mol. The SMILES string of the molecule is Cc1noc(C)c1-c1ccc2[nH]c(C3CCC(=O)N3c3cccc(F)c3)nc2c1. The van der Waals surface area contributed by atoms with E-state index in [1.54, 1.807) is 17.0 Å². The molecular weight excluding hydrogens is 371 g/mol. The third-order valence-electron chi connectivity index (χ3n) is 5.44. The molecule has 146 valence electrons. The van der Waals surface area contributed by atoms with Gasteiger partial charge in [-0.3, -0.25) is 4.79 Å². The molecule has 2 aromatic carbocycles. The Bertz CT molecular complexity index is 1220. The van der Waals surface area contributed by atoms with E-state index in [1.807, 2.05) is 32.0 Å². The Hall–Kier alpha value is -3.48. The number of benzene rings is 2. The molecule has 6 nitrogen and oxygen atoms in total. The molecule has 1 aliphatic rings. The van der Waals surface area contributed by atoms with Crippen molar-refractivity contribution in [3.63, 3.8) is 0 Å². The summed E-state index contributed by atoms with van der Waals surface area (Å²) in [6.07, 6.45) is 1.04. The number of hydrogen-bond acceptors (Lipinski definition) is 4. The Morgan fingerprint density at radius 3 is 2.83 bits per heavy atom. The van der Waals surface area contributed by atoms with Crippen molar-refractivity contribution in [2.75, 3.05) is 4.90 Å². The molecule has 1 atom stereocenters. The number of aromatic nitrogens is 3. The topological polar surface area (TPSA) is 75.0 Å². The number of halogens is 1. The van der Waals surface area contributed by atoms with Crippen LogP contribution in [0.3, 0.4) is 0 Å². The zero-order valence-corrected chi connectivity index (χ0v) is 16.1. The minimum Gasteiger partial charge on any atom is -0.361 e. The number of hydrogen-bond donors (Lipinski definition) is 1. The molecule has 1 fully saturated rings. The second kappa shape index (κ2) is 6.55. The lowest BCUT2D eigenvalue weighted by Crippen LogP contribution is -2.28. The number of carbonyl (C=O) groups excluding carboxylic acids is 1. The smallest absolute Gasteiger partial charge is 0.227 e. The minimum absolute atomic E-state index is 0.0301. The third kappa shape index (κ3) is 2.90. The van der Waals surface area contributed by atoms with Gasteiger partial charge in [0.05, 0.1) is 22.8 Å². The summed E-state index contributed by atoms with van der Waals surface area (Å²) >= 11 is 0. The average Bonchev–Trinajstić information content (AvgIpc) is 3.37. The standard InChI is InChI=1S/C22H19FN4O2/c1-12-21(13(2)29-26-12)14-6-7-17-18(10-14)25-22(24-17)19-8-9-20(28)27(19)16-5-3-4-15(23)11-16/h3-7,10-11,19H,8-9H2,1-2H3,(H,24,25). The maximum atomic E-state index is 13.7. The quantitative estimate of drug-likeness (QED) is 0.543. The van der Waals surface area contributed by atoms with Crippen LogP contribution >= 0.6 is 0 Å². The molecule has 0 radical (unpaired) electrons. The van der Waals surface area contributed by atoms with Crippen LogP contribution in [0.1, 0.15) is 36.2 Å². The summed E-state index contributed by atoms with van der Waals surface area (Å²) in [7, 11) is 0. The van der Waals surface area contributed by atoms with Gasteiger partial charge in [-0.1, -0.05) is 17.3 Å². The van der Waals surface area contributed by atoms with Crippen LogP contribution < -0.4 is 4.90 Å². The minimum atomic E-state index is -0.366. The molecule has 1 saturated heterocycles. The lowest BCUT2D eigenvalue weighted by atomic mass is 10.0. The zero-order chi connectivity index (χ0) is 20.1. The second-order valence-electron chi connectivity index (χ2n) is 7.35. The van der Waals surface area contributed by atoms with Gasteiger partial charge in [0.1, 0.15) is 17.4 Å². The van der Waals surface area contributed by atoms with Gasteiger partial charge in [-0.2, -0.15) is 0 Å². The van der Waals surface area contributed by atoms with Gasteiger partial charge < -0.3 is 14.4 Å². The fourth-order valence-electron chi connectivity index (χ4n) is 4.13. The van der Waals surface area contributed by atoms with Crippen molar-refractivity contribution >= 4 is 22.6 Å². The van der Waals surface area contributed by atoms with Crippen molar-refractivity contribution in [2.45, 2.75) is 32.7 Å². The number of carbonyl (C=O) groups is 1. The highest BCUT2D eigenvalue weighted by atomic mass is 19.1. The van der Waals surface area contributed by atoms with Crippen LogP contribution in [0.25, 0.3) is 22.2 Å². The number of rotatable bonds is 3. The highest BCUT2D eigenvalue weighted by Crippen LogP contribution is 2.37. The molecule has 0 saturated carbocycles. The summed E-state index contributed by atoms with van der Waals surface area (Å²) in [6, 6.07) is 11.8. The van der Waals surface area contributed by atoms with Gasteiger partial charge in [0.2, 0.25) is 5.91 Å². The molecule has 7 heteroatoms. The van der Waals surface area contributed by atoms with Crippen molar-refractivity contribution in [2.24, 2.45) is 0 Å². The maximum Gasteiger partial charge on any atom is 0.227 e. The molecule has 5 rings (SSSR count). The zero-order valence-electron chi connectivity index (χ0n) is 16.1. The summed E-state index contributed by atoms with van der Waals surface area (Å²) in [5, 5.41) is 4.02. The van der Waals surface area contributed by atoms with Crippen molar-refractivity contribution in [3.8, 4) is 11.1 Å². The summed E-state index contributed by atoms with van der Waals surface area (Å²) < 4.78 is 19.0. The predicted octanol–water partition coefficient (Wildman–Crippen LogP) is 4.84. The normalized spacial score (nSPS) is 16.9. The molecule has 0 aliphatic carbocycles. The largest absolute Gasteiger partial charge is 0.361 e. The van der Waals surface area contributed by atoms with Gasteiger partial charge in [0.15, 0.2) is 0 Å².